The Morgan fingerprint density at radius 3 is 2.75 bits per heavy atom. The van der Waals surface area contributed by atoms with Gasteiger partial charge in [0.05, 0.1) is 18.1 Å². The molecule has 0 saturated heterocycles. The van der Waals surface area contributed by atoms with Crippen LogP contribution in [0.3, 0.4) is 0 Å². The SMILES string of the molecule is CCOC(=O)C1([N+](=O)[O-])CC12CC(C#N)C2. The third-order valence-electron chi connectivity index (χ3n) is 3.73. The van der Waals surface area contributed by atoms with E-state index in [0.29, 0.717) is 12.8 Å². The first-order valence-corrected chi connectivity index (χ1v) is 5.24. The molecule has 0 heterocycles. The fraction of sp³-hybridized carbons (Fsp3) is 0.800. The van der Waals surface area contributed by atoms with E-state index in [2.05, 4.69) is 6.07 Å². The van der Waals surface area contributed by atoms with Gasteiger partial charge in [0.15, 0.2) is 0 Å². The van der Waals surface area contributed by atoms with Crippen molar-refractivity contribution >= 4 is 5.97 Å². The predicted octanol–water partition coefficient (Wildman–Crippen LogP) is 0.889. The molecular weight excluding hydrogens is 212 g/mol. The Kier molecular flexibility index (Phi) is 2.15. The van der Waals surface area contributed by atoms with Gasteiger partial charge < -0.3 is 4.74 Å². The first kappa shape index (κ1) is 10.9. The summed E-state index contributed by atoms with van der Waals surface area (Å²) < 4.78 is 4.77. The maximum absolute atomic E-state index is 11.6. The minimum atomic E-state index is -1.56. The third kappa shape index (κ3) is 1.08. The van der Waals surface area contributed by atoms with Gasteiger partial charge in [-0.1, -0.05) is 0 Å². The van der Waals surface area contributed by atoms with Crippen LogP contribution in [-0.4, -0.2) is 23.0 Å². The van der Waals surface area contributed by atoms with E-state index in [4.69, 9.17) is 10.00 Å². The quantitative estimate of drug-likeness (QED) is 0.403. The molecule has 0 aromatic rings. The second-order valence-electron chi connectivity index (χ2n) is 4.53. The molecule has 1 unspecified atom stereocenters. The third-order valence-corrected chi connectivity index (χ3v) is 3.73. The van der Waals surface area contributed by atoms with Gasteiger partial charge in [-0.15, -0.1) is 0 Å². The van der Waals surface area contributed by atoms with Gasteiger partial charge in [-0.05, 0) is 19.8 Å². The Hall–Kier alpha value is -1.64. The van der Waals surface area contributed by atoms with E-state index in [1.807, 2.05) is 0 Å². The number of ether oxygens (including phenoxy) is 1. The number of nitrogens with zero attached hydrogens (tertiary/aromatic N) is 2. The van der Waals surface area contributed by atoms with E-state index in [-0.39, 0.29) is 18.9 Å². The Morgan fingerprint density at radius 2 is 2.31 bits per heavy atom. The van der Waals surface area contributed by atoms with Gasteiger partial charge >= 0.3 is 11.5 Å². The second kappa shape index (κ2) is 3.17. The zero-order valence-electron chi connectivity index (χ0n) is 8.93. The standard InChI is InChI=1S/C10H12N2O4/c1-2-16-8(13)10(12(14)15)6-9(10)3-7(4-9)5-11/h7H,2-4,6H2,1H3. The molecule has 0 aromatic heterocycles. The molecule has 2 aliphatic carbocycles. The van der Waals surface area contributed by atoms with Crippen molar-refractivity contribution in [2.75, 3.05) is 6.61 Å². The van der Waals surface area contributed by atoms with Gasteiger partial charge in [0.1, 0.15) is 0 Å². The van der Waals surface area contributed by atoms with Gasteiger partial charge in [-0.25, -0.2) is 4.79 Å². The van der Waals surface area contributed by atoms with Crippen molar-refractivity contribution in [3.63, 3.8) is 0 Å². The highest BCUT2D eigenvalue weighted by atomic mass is 16.6. The number of carbonyl (C=O) groups is 1. The summed E-state index contributed by atoms with van der Waals surface area (Å²) in [5.41, 5.74) is -2.15. The highest BCUT2D eigenvalue weighted by molar-refractivity contribution is 5.85. The molecule has 2 aliphatic rings. The van der Waals surface area contributed by atoms with Crippen molar-refractivity contribution in [2.24, 2.45) is 11.3 Å². The van der Waals surface area contributed by atoms with Crippen molar-refractivity contribution < 1.29 is 14.5 Å². The molecule has 1 spiro atoms. The lowest BCUT2D eigenvalue weighted by Crippen LogP contribution is -2.44. The number of hydrogen-bond donors (Lipinski definition) is 0. The van der Waals surface area contributed by atoms with Crippen molar-refractivity contribution in [1.29, 1.82) is 5.26 Å². The molecule has 2 fully saturated rings. The Balaban J connectivity index is 2.15. The highest BCUT2D eigenvalue weighted by Gasteiger charge is 2.87. The van der Waals surface area contributed by atoms with Crippen LogP contribution in [0.1, 0.15) is 26.2 Å². The minimum Gasteiger partial charge on any atom is -0.461 e. The average molecular weight is 224 g/mol. The van der Waals surface area contributed by atoms with Crippen LogP contribution in [0.25, 0.3) is 0 Å². The van der Waals surface area contributed by atoms with Crippen LogP contribution in [0.4, 0.5) is 0 Å². The molecular formula is C10H12N2O4. The van der Waals surface area contributed by atoms with Crippen LogP contribution >= 0.6 is 0 Å². The Bertz CT molecular complexity index is 394. The van der Waals surface area contributed by atoms with Crippen LogP contribution in [0.2, 0.25) is 0 Å². The van der Waals surface area contributed by atoms with Crippen LogP contribution in [0.5, 0.6) is 0 Å². The van der Waals surface area contributed by atoms with Crippen molar-refractivity contribution in [3.8, 4) is 6.07 Å². The molecule has 0 radical (unpaired) electrons. The normalized spacial score (nSPS) is 39.6. The summed E-state index contributed by atoms with van der Waals surface area (Å²) in [7, 11) is 0. The van der Waals surface area contributed by atoms with Crippen LogP contribution in [0.15, 0.2) is 0 Å². The molecule has 2 rings (SSSR count). The maximum atomic E-state index is 11.6. The first-order chi connectivity index (χ1) is 7.52. The lowest BCUT2D eigenvalue weighted by atomic mass is 9.70. The number of nitro groups is 1. The molecule has 1 atom stereocenters. The highest BCUT2D eigenvalue weighted by Crippen LogP contribution is 2.71. The number of carbonyl (C=O) groups excluding carboxylic acids is 1. The maximum Gasteiger partial charge on any atom is 0.385 e. The zero-order valence-corrected chi connectivity index (χ0v) is 8.93. The Morgan fingerprint density at radius 1 is 1.69 bits per heavy atom. The smallest absolute Gasteiger partial charge is 0.385 e. The number of hydrogen-bond acceptors (Lipinski definition) is 5. The van der Waals surface area contributed by atoms with Crippen LogP contribution in [-0.2, 0) is 9.53 Å². The second-order valence-corrected chi connectivity index (χ2v) is 4.53. The van der Waals surface area contributed by atoms with E-state index in [1.165, 1.54) is 0 Å². The molecule has 0 bridgehead atoms. The summed E-state index contributed by atoms with van der Waals surface area (Å²) in [5.74, 6) is -0.882. The van der Waals surface area contributed by atoms with Crippen LogP contribution in [0, 0.1) is 32.8 Å². The summed E-state index contributed by atoms with van der Waals surface area (Å²) in [5, 5.41) is 19.7. The van der Waals surface area contributed by atoms with Crippen molar-refractivity contribution in [1.82, 2.24) is 0 Å². The summed E-state index contributed by atoms with van der Waals surface area (Å²) >= 11 is 0. The molecule has 16 heavy (non-hydrogen) atoms. The molecule has 0 aliphatic heterocycles. The van der Waals surface area contributed by atoms with Gasteiger partial charge in [-0.3, -0.25) is 10.1 Å². The van der Waals surface area contributed by atoms with Crippen molar-refractivity contribution in [2.45, 2.75) is 31.7 Å². The van der Waals surface area contributed by atoms with Crippen molar-refractivity contribution in [3.05, 3.63) is 10.1 Å². The summed E-state index contributed by atoms with van der Waals surface area (Å²) in [6.45, 7) is 1.77. The lowest BCUT2D eigenvalue weighted by Gasteiger charge is -2.31. The average Bonchev–Trinajstić information content (AvgIpc) is 2.86. The number of rotatable bonds is 3. The zero-order chi connectivity index (χ0) is 12.0. The fourth-order valence-corrected chi connectivity index (χ4v) is 2.77. The van der Waals surface area contributed by atoms with E-state index < -0.39 is 21.8 Å². The lowest BCUT2D eigenvalue weighted by molar-refractivity contribution is -0.536. The van der Waals surface area contributed by atoms with E-state index >= 15 is 0 Å². The molecule has 86 valence electrons. The molecule has 0 amide bonds. The minimum absolute atomic E-state index is 0.142. The monoisotopic (exact) mass is 224 g/mol. The molecule has 0 aromatic carbocycles. The topological polar surface area (TPSA) is 93.2 Å². The van der Waals surface area contributed by atoms with E-state index in [1.54, 1.807) is 6.92 Å². The first-order valence-electron chi connectivity index (χ1n) is 5.24. The molecule has 6 heteroatoms. The summed E-state index contributed by atoms with van der Waals surface area (Å²) in [6, 6.07) is 2.07. The molecule has 0 N–H and O–H groups in total. The predicted molar refractivity (Wildman–Crippen MR) is 51.7 cm³/mol. The van der Waals surface area contributed by atoms with Gasteiger partial charge in [0, 0.05) is 17.3 Å². The summed E-state index contributed by atoms with van der Waals surface area (Å²) in [4.78, 5) is 22.1. The summed E-state index contributed by atoms with van der Waals surface area (Å²) in [6.07, 6.45) is 1.12. The van der Waals surface area contributed by atoms with Gasteiger partial charge in [-0.2, -0.15) is 5.26 Å². The fourth-order valence-electron chi connectivity index (χ4n) is 2.77. The van der Waals surface area contributed by atoms with E-state index in [0.717, 1.165) is 0 Å². The van der Waals surface area contributed by atoms with Crippen LogP contribution < -0.4 is 0 Å². The van der Waals surface area contributed by atoms with Gasteiger partial charge in [0.25, 0.3) is 0 Å². The van der Waals surface area contributed by atoms with Gasteiger partial charge in [0.2, 0.25) is 0 Å². The molecule has 6 nitrogen and oxygen atoms in total. The number of esters is 1. The number of nitriles is 1. The van der Waals surface area contributed by atoms with E-state index in [9.17, 15) is 14.9 Å². The Labute approximate surface area is 92.3 Å². The molecule has 2 saturated carbocycles. The largest absolute Gasteiger partial charge is 0.461 e.